The van der Waals surface area contributed by atoms with Crippen LogP contribution in [0.2, 0.25) is 0 Å². The van der Waals surface area contributed by atoms with E-state index in [2.05, 4.69) is 29.3 Å². The Balaban J connectivity index is 1.70. The van der Waals surface area contributed by atoms with Crippen LogP contribution in [-0.2, 0) is 16.1 Å². The van der Waals surface area contributed by atoms with Gasteiger partial charge in [0.05, 0.1) is 18.8 Å². The van der Waals surface area contributed by atoms with Crippen LogP contribution in [0.15, 0.2) is 30.3 Å². The van der Waals surface area contributed by atoms with E-state index in [0.717, 1.165) is 38.9 Å². The molecule has 1 fully saturated rings. The van der Waals surface area contributed by atoms with Gasteiger partial charge in [-0.15, -0.1) is 0 Å². The summed E-state index contributed by atoms with van der Waals surface area (Å²) in [5, 5.41) is 2.98. The molecule has 0 aliphatic carbocycles. The fourth-order valence-corrected chi connectivity index (χ4v) is 2.78. The van der Waals surface area contributed by atoms with Crippen LogP contribution in [-0.4, -0.2) is 42.6 Å². The van der Waals surface area contributed by atoms with Gasteiger partial charge in [0.25, 0.3) is 0 Å². The van der Waals surface area contributed by atoms with Gasteiger partial charge in [0.2, 0.25) is 5.91 Å². The monoisotopic (exact) mass is 304 g/mol. The molecule has 1 aliphatic rings. The van der Waals surface area contributed by atoms with Gasteiger partial charge in [-0.25, -0.2) is 0 Å². The molecule has 0 saturated carbocycles. The number of likely N-dealkylation sites (tertiary alicyclic amines) is 1. The molecule has 1 N–H and O–H groups in total. The first-order valence-electron chi connectivity index (χ1n) is 8.38. The lowest BCUT2D eigenvalue weighted by atomic mass is 10.1. The molecular weight excluding hydrogens is 276 g/mol. The summed E-state index contributed by atoms with van der Waals surface area (Å²) < 4.78 is 6.00. The van der Waals surface area contributed by atoms with Crippen molar-refractivity contribution in [2.24, 2.45) is 0 Å². The average molecular weight is 304 g/mol. The summed E-state index contributed by atoms with van der Waals surface area (Å²) in [6, 6.07) is 10.2. The van der Waals surface area contributed by atoms with Crippen LogP contribution >= 0.6 is 0 Å². The quantitative estimate of drug-likeness (QED) is 0.842. The third kappa shape index (κ3) is 5.11. The summed E-state index contributed by atoms with van der Waals surface area (Å²) in [7, 11) is 0. The number of nitrogens with zero attached hydrogens (tertiary/aromatic N) is 1. The molecule has 22 heavy (non-hydrogen) atoms. The van der Waals surface area contributed by atoms with E-state index in [9.17, 15) is 4.79 Å². The van der Waals surface area contributed by atoms with Gasteiger partial charge < -0.3 is 10.1 Å². The van der Waals surface area contributed by atoms with Gasteiger partial charge in [0.1, 0.15) is 0 Å². The first-order chi connectivity index (χ1) is 10.7. The number of hydrogen-bond acceptors (Lipinski definition) is 3. The van der Waals surface area contributed by atoms with Gasteiger partial charge in [-0.3, -0.25) is 9.69 Å². The van der Waals surface area contributed by atoms with Crippen molar-refractivity contribution in [3.63, 3.8) is 0 Å². The average Bonchev–Trinajstić information content (AvgIpc) is 2.58. The molecule has 1 amide bonds. The third-order valence-electron chi connectivity index (χ3n) is 4.28. The van der Waals surface area contributed by atoms with Crippen molar-refractivity contribution in [3.05, 3.63) is 35.9 Å². The Morgan fingerprint density at radius 1 is 1.32 bits per heavy atom. The molecule has 4 nitrogen and oxygen atoms in total. The van der Waals surface area contributed by atoms with Crippen LogP contribution < -0.4 is 5.32 Å². The highest BCUT2D eigenvalue weighted by Gasteiger charge is 2.26. The number of ether oxygens (including phenoxy) is 1. The van der Waals surface area contributed by atoms with E-state index in [0.29, 0.717) is 12.7 Å². The van der Waals surface area contributed by atoms with Gasteiger partial charge in [-0.05, 0) is 31.7 Å². The first kappa shape index (κ1) is 17.0. The lowest BCUT2D eigenvalue weighted by molar-refractivity contribution is -0.127. The fourth-order valence-electron chi connectivity index (χ4n) is 2.78. The van der Waals surface area contributed by atoms with Crippen LogP contribution in [0, 0.1) is 0 Å². The van der Waals surface area contributed by atoms with E-state index < -0.39 is 0 Å². The maximum Gasteiger partial charge on any atom is 0.237 e. The summed E-state index contributed by atoms with van der Waals surface area (Å²) in [5.74, 6) is 0.144. The second-order valence-electron chi connectivity index (χ2n) is 6.00. The van der Waals surface area contributed by atoms with Crippen molar-refractivity contribution >= 4 is 5.91 Å². The van der Waals surface area contributed by atoms with Crippen molar-refractivity contribution in [2.45, 2.75) is 51.9 Å². The van der Waals surface area contributed by atoms with Crippen molar-refractivity contribution in [2.75, 3.05) is 19.6 Å². The zero-order chi connectivity index (χ0) is 15.8. The zero-order valence-electron chi connectivity index (χ0n) is 13.8. The number of benzene rings is 1. The fraction of sp³-hybridized carbons (Fsp3) is 0.611. The summed E-state index contributed by atoms with van der Waals surface area (Å²) >= 11 is 0. The summed E-state index contributed by atoms with van der Waals surface area (Å²) in [4.78, 5) is 14.3. The van der Waals surface area contributed by atoms with Gasteiger partial charge in [0, 0.05) is 19.6 Å². The molecule has 1 aliphatic heterocycles. The molecule has 1 atom stereocenters. The van der Waals surface area contributed by atoms with E-state index in [1.807, 2.05) is 25.1 Å². The molecule has 0 bridgehead atoms. The normalized spacial score (nSPS) is 18.1. The number of nitrogens with one attached hydrogen (secondary N) is 1. The van der Waals surface area contributed by atoms with Gasteiger partial charge in [-0.1, -0.05) is 37.3 Å². The lowest BCUT2D eigenvalue weighted by Gasteiger charge is -2.35. The zero-order valence-corrected chi connectivity index (χ0v) is 13.8. The number of amides is 1. The molecule has 0 radical (unpaired) electrons. The van der Waals surface area contributed by atoms with E-state index in [-0.39, 0.29) is 11.9 Å². The molecule has 1 heterocycles. The molecule has 4 heteroatoms. The Morgan fingerprint density at radius 2 is 2.00 bits per heavy atom. The number of rotatable bonds is 7. The first-order valence-corrected chi connectivity index (χ1v) is 8.38. The maximum atomic E-state index is 12.0. The Hall–Kier alpha value is -1.39. The van der Waals surface area contributed by atoms with Gasteiger partial charge >= 0.3 is 0 Å². The van der Waals surface area contributed by atoms with E-state index >= 15 is 0 Å². The minimum absolute atomic E-state index is 0.0402. The number of piperidine rings is 1. The molecule has 1 aromatic carbocycles. The highest BCUT2D eigenvalue weighted by Crippen LogP contribution is 2.17. The van der Waals surface area contributed by atoms with Crippen LogP contribution in [0.3, 0.4) is 0 Å². The minimum Gasteiger partial charge on any atom is -0.373 e. The number of carbonyl (C=O) groups excluding carboxylic acids is 1. The summed E-state index contributed by atoms with van der Waals surface area (Å²) in [6.45, 7) is 7.37. The second kappa shape index (κ2) is 8.91. The highest BCUT2D eigenvalue weighted by atomic mass is 16.5. The van der Waals surface area contributed by atoms with Crippen LogP contribution in [0.1, 0.15) is 38.7 Å². The van der Waals surface area contributed by atoms with Crippen molar-refractivity contribution in [3.8, 4) is 0 Å². The smallest absolute Gasteiger partial charge is 0.237 e. The molecule has 0 unspecified atom stereocenters. The van der Waals surface area contributed by atoms with Gasteiger partial charge in [-0.2, -0.15) is 0 Å². The van der Waals surface area contributed by atoms with Crippen molar-refractivity contribution in [1.82, 2.24) is 10.2 Å². The van der Waals surface area contributed by atoms with Crippen molar-refractivity contribution < 1.29 is 9.53 Å². The van der Waals surface area contributed by atoms with Crippen LogP contribution in [0.5, 0.6) is 0 Å². The molecule has 1 saturated heterocycles. The molecule has 0 aromatic heterocycles. The summed E-state index contributed by atoms with van der Waals surface area (Å²) in [6.07, 6.45) is 3.28. The second-order valence-corrected chi connectivity index (χ2v) is 6.00. The van der Waals surface area contributed by atoms with E-state index in [1.54, 1.807) is 0 Å². The lowest BCUT2D eigenvalue weighted by Crippen LogP contribution is -2.49. The third-order valence-corrected chi connectivity index (χ3v) is 4.28. The van der Waals surface area contributed by atoms with Gasteiger partial charge in [0.15, 0.2) is 0 Å². The molecule has 0 spiro atoms. The highest BCUT2D eigenvalue weighted by molar-refractivity contribution is 5.81. The molecule has 2 rings (SSSR count). The predicted molar refractivity (Wildman–Crippen MR) is 88.6 cm³/mol. The Kier molecular flexibility index (Phi) is 6.87. The van der Waals surface area contributed by atoms with E-state index in [4.69, 9.17) is 4.74 Å². The topological polar surface area (TPSA) is 41.6 Å². The number of hydrogen-bond donors (Lipinski definition) is 1. The number of carbonyl (C=O) groups is 1. The van der Waals surface area contributed by atoms with Crippen LogP contribution in [0.4, 0.5) is 0 Å². The Bertz CT molecular complexity index is 442. The molecular formula is C18H28N2O2. The Morgan fingerprint density at radius 3 is 2.64 bits per heavy atom. The van der Waals surface area contributed by atoms with E-state index in [1.165, 1.54) is 5.56 Å². The predicted octanol–water partition coefficient (Wildman–Crippen LogP) is 2.58. The standard InChI is InChI=1S/C18H28N2O2/c1-3-11-19-18(21)15(2)20-12-9-17(10-13-20)22-14-16-7-5-4-6-8-16/h4-8,15,17H,3,9-14H2,1-2H3,(H,19,21)/t15-/m1/s1. The van der Waals surface area contributed by atoms with Crippen LogP contribution in [0.25, 0.3) is 0 Å². The van der Waals surface area contributed by atoms with Crippen molar-refractivity contribution in [1.29, 1.82) is 0 Å². The Labute approximate surface area is 133 Å². The molecule has 1 aromatic rings. The minimum atomic E-state index is -0.0402. The largest absolute Gasteiger partial charge is 0.373 e. The summed E-state index contributed by atoms with van der Waals surface area (Å²) in [5.41, 5.74) is 1.22. The maximum absolute atomic E-state index is 12.0. The molecule has 122 valence electrons. The SMILES string of the molecule is CCCNC(=O)[C@@H](C)N1CCC(OCc2ccccc2)CC1.